The molecule has 2 aromatic heterocycles. The van der Waals surface area contributed by atoms with Crippen LogP contribution in [0.25, 0.3) is 22.2 Å². The molecular weight excluding hydrogens is 454 g/mol. The van der Waals surface area contributed by atoms with E-state index in [0.29, 0.717) is 11.1 Å². The summed E-state index contributed by atoms with van der Waals surface area (Å²) in [6.07, 6.45) is 3.68. The Labute approximate surface area is 140 Å². The van der Waals surface area contributed by atoms with Gasteiger partial charge in [0.05, 0.1) is 0 Å². The van der Waals surface area contributed by atoms with E-state index in [1.165, 1.54) is 9.12 Å². The van der Waals surface area contributed by atoms with Gasteiger partial charge in [0.25, 0.3) is 0 Å². The van der Waals surface area contributed by atoms with E-state index in [2.05, 4.69) is 42.1 Å². The van der Waals surface area contributed by atoms with Gasteiger partial charge in [-0.25, -0.2) is 9.37 Å². The standard InChI is InChI=1S/C14H9BrFIN2S/c1-8-3-2-4-10(13(8)16)12-7-19(20-17)14-11(12)5-9(15)6-18-14/h2-7H,1H3. The Morgan fingerprint density at radius 3 is 2.90 bits per heavy atom. The second kappa shape index (κ2) is 5.65. The number of nitrogens with zero attached hydrogens (tertiary/aromatic N) is 2. The van der Waals surface area contributed by atoms with E-state index in [9.17, 15) is 4.39 Å². The van der Waals surface area contributed by atoms with Crippen LogP contribution < -0.4 is 0 Å². The van der Waals surface area contributed by atoms with Crippen LogP contribution in [0.15, 0.2) is 41.1 Å². The molecule has 0 amide bonds. The molecule has 0 atom stereocenters. The van der Waals surface area contributed by atoms with Crippen LogP contribution in [0.5, 0.6) is 0 Å². The molecule has 0 aliphatic heterocycles. The number of rotatable bonds is 2. The predicted octanol–water partition coefficient (Wildman–Crippen LogP) is 5.76. The molecule has 0 aliphatic carbocycles. The lowest BCUT2D eigenvalue weighted by Gasteiger charge is -2.04. The molecule has 3 aromatic rings. The van der Waals surface area contributed by atoms with Crippen molar-refractivity contribution in [2.45, 2.75) is 6.92 Å². The smallest absolute Gasteiger partial charge is 0.151 e. The van der Waals surface area contributed by atoms with Crippen molar-refractivity contribution in [2.75, 3.05) is 0 Å². The number of aryl methyl sites for hydroxylation is 1. The number of hydrogen-bond acceptors (Lipinski definition) is 2. The average Bonchev–Trinajstić information content (AvgIpc) is 2.79. The van der Waals surface area contributed by atoms with Gasteiger partial charge in [-0.05, 0) is 34.5 Å². The van der Waals surface area contributed by atoms with E-state index in [1.54, 1.807) is 25.3 Å². The van der Waals surface area contributed by atoms with Crippen LogP contribution in [0.4, 0.5) is 4.39 Å². The lowest BCUT2D eigenvalue weighted by Crippen LogP contribution is -1.87. The average molecular weight is 463 g/mol. The summed E-state index contributed by atoms with van der Waals surface area (Å²) in [6.45, 7) is 1.78. The third-order valence-corrected chi connectivity index (χ3v) is 5.27. The molecule has 0 bridgehead atoms. The zero-order valence-corrected chi connectivity index (χ0v) is 15.0. The monoisotopic (exact) mass is 462 g/mol. The summed E-state index contributed by atoms with van der Waals surface area (Å²) in [6, 6.07) is 7.43. The maximum absolute atomic E-state index is 14.4. The molecule has 102 valence electrons. The fourth-order valence-corrected chi connectivity index (χ4v) is 3.76. The maximum Gasteiger partial charge on any atom is 0.151 e. The van der Waals surface area contributed by atoms with E-state index in [1.807, 2.05) is 22.3 Å². The van der Waals surface area contributed by atoms with E-state index >= 15 is 0 Å². The lowest BCUT2D eigenvalue weighted by atomic mass is 10.0. The molecule has 0 fully saturated rings. The fourth-order valence-electron chi connectivity index (χ4n) is 2.18. The molecule has 0 unspecified atom stereocenters. The largest absolute Gasteiger partial charge is 0.265 e. The molecule has 0 saturated heterocycles. The molecule has 1 aromatic carbocycles. The Morgan fingerprint density at radius 2 is 2.15 bits per heavy atom. The maximum atomic E-state index is 14.4. The highest BCUT2D eigenvalue weighted by Crippen LogP contribution is 2.36. The van der Waals surface area contributed by atoms with Crippen LogP contribution in [0.1, 0.15) is 5.56 Å². The Balaban J connectivity index is 2.36. The third-order valence-electron chi connectivity index (χ3n) is 3.13. The first-order valence-electron chi connectivity index (χ1n) is 5.83. The fraction of sp³-hybridized carbons (Fsp3) is 0.0714. The van der Waals surface area contributed by atoms with Crippen molar-refractivity contribution >= 4 is 57.3 Å². The van der Waals surface area contributed by atoms with Gasteiger partial charge in [-0.1, -0.05) is 18.2 Å². The minimum absolute atomic E-state index is 0.176. The van der Waals surface area contributed by atoms with Crippen LogP contribution in [0.2, 0.25) is 0 Å². The summed E-state index contributed by atoms with van der Waals surface area (Å²) in [5.41, 5.74) is 2.95. The van der Waals surface area contributed by atoms with Gasteiger partial charge in [0.2, 0.25) is 0 Å². The first-order valence-corrected chi connectivity index (χ1v) is 9.94. The molecule has 0 aliphatic rings. The second-order valence-electron chi connectivity index (χ2n) is 4.40. The zero-order valence-electron chi connectivity index (χ0n) is 10.4. The van der Waals surface area contributed by atoms with Crippen LogP contribution in [0, 0.1) is 12.7 Å². The van der Waals surface area contributed by atoms with Gasteiger partial charge in [-0.2, -0.15) is 0 Å². The van der Waals surface area contributed by atoms with Crippen molar-refractivity contribution < 1.29 is 4.39 Å². The number of halogens is 3. The van der Waals surface area contributed by atoms with Gasteiger partial charge in [0.1, 0.15) is 5.82 Å². The van der Waals surface area contributed by atoms with Crippen molar-refractivity contribution in [1.82, 2.24) is 8.96 Å². The van der Waals surface area contributed by atoms with E-state index in [0.717, 1.165) is 21.1 Å². The second-order valence-corrected chi connectivity index (χ2v) is 7.03. The number of pyridine rings is 1. The van der Waals surface area contributed by atoms with Crippen LogP contribution in [-0.4, -0.2) is 8.96 Å². The van der Waals surface area contributed by atoms with Crippen molar-refractivity contribution in [2.24, 2.45) is 0 Å². The molecule has 20 heavy (non-hydrogen) atoms. The third kappa shape index (κ3) is 2.37. The Bertz CT molecular complexity index is 803. The van der Waals surface area contributed by atoms with Gasteiger partial charge in [0.15, 0.2) is 5.65 Å². The van der Waals surface area contributed by atoms with Crippen LogP contribution in [0.3, 0.4) is 0 Å². The van der Waals surface area contributed by atoms with Crippen molar-refractivity contribution in [1.29, 1.82) is 0 Å². The highest BCUT2D eigenvalue weighted by molar-refractivity contribution is 14.2. The van der Waals surface area contributed by atoms with Crippen molar-refractivity contribution in [3.63, 3.8) is 0 Å². The lowest BCUT2D eigenvalue weighted by molar-refractivity contribution is 0.622. The first kappa shape index (κ1) is 14.3. The Hall–Kier alpha value is -0.600. The highest BCUT2D eigenvalue weighted by atomic mass is 127. The predicted molar refractivity (Wildman–Crippen MR) is 94.6 cm³/mol. The van der Waals surface area contributed by atoms with Crippen LogP contribution in [-0.2, 0) is 0 Å². The minimum atomic E-state index is -0.176. The number of aromatic nitrogens is 2. The summed E-state index contributed by atoms with van der Waals surface area (Å²) >= 11 is 5.62. The quantitative estimate of drug-likeness (QED) is 0.450. The number of hydrogen-bond donors (Lipinski definition) is 0. The Morgan fingerprint density at radius 1 is 1.35 bits per heavy atom. The molecular formula is C14H9BrFIN2S. The summed E-state index contributed by atoms with van der Waals surface area (Å²) in [7, 11) is 1.52. The first-order chi connectivity index (χ1) is 9.61. The summed E-state index contributed by atoms with van der Waals surface area (Å²) in [5.74, 6) is -0.176. The minimum Gasteiger partial charge on any atom is -0.265 e. The summed E-state index contributed by atoms with van der Waals surface area (Å²) in [4.78, 5) is 4.42. The molecule has 3 rings (SSSR count). The van der Waals surface area contributed by atoms with Crippen molar-refractivity contribution in [3.8, 4) is 11.1 Å². The van der Waals surface area contributed by atoms with Gasteiger partial charge < -0.3 is 0 Å². The SMILES string of the molecule is Cc1cccc(-c2cn(SI)c3ncc(Br)cc23)c1F. The van der Waals surface area contributed by atoms with Crippen LogP contribution >= 0.6 is 46.3 Å². The normalized spacial score (nSPS) is 11.2. The molecule has 0 radical (unpaired) electrons. The summed E-state index contributed by atoms with van der Waals surface area (Å²) in [5, 5.41) is 0.938. The molecule has 0 N–H and O–H groups in total. The van der Waals surface area contributed by atoms with Gasteiger partial charge in [-0.3, -0.25) is 3.97 Å². The molecule has 2 nitrogen and oxygen atoms in total. The Kier molecular flexibility index (Phi) is 4.05. The van der Waals surface area contributed by atoms with Crippen molar-refractivity contribution in [3.05, 3.63) is 52.5 Å². The van der Waals surface area contributed by atoms with Gasteiger partial charge in [-0.15, -0.1) is 0 Å². The molecule has 0 spiro atoms. The molecule has 6 heteroatoms. The van der Waals surface area contributed by atoms with E-state index < -0.39 is 0 Å². The van der Waals surface area contributed by atoms with Gasteiger partial charge >= 0.3 is 0 Å². The zero-order chi connectivity index (χ0) is 14.3. The van der Waals surface area contributed by atoms with E-state index in [-0.39, 0.29) is 5.82 Å². The number of fused-ring (bicyclic) bond motifs is 1. The van der Waals surface area contributed by atoms with E-state index in [4.69, 9.17) is 0 Å². The number of benzene rings is 1. The molecule has 0 saturated carbocycles. The molecule has 2 heterocycles. The summed E-state index contributed by atoms with van der Waals surface area (Å²) < 4.78 is 17.2. The topological polar surface area (TPSA) is 17.8 Å². The van der Waals surface area contributed by atoms with Gasteiger partial charge in [0, 0.05) is 63.7 Å². The highest BCUT2D eigenvalue weighted by Gasteiger charge is 2.15.